The van der Waals surface area contributed by atoms with Crippen LogP contribution in [0.2, 0.25) is 0 Å². The molecule has 1 aliphatic rings. The standard InChI is InChI=1S/C8H16N2/c1-3-9-6-8-5-4-7(2)10-8/h8-10H,2-6H2,1H3. The molecule has 0 saturated carbocycles. The summed E-state index contributed by atoms with van der Waals surface area (Å²) in [7, 11) is 0. The van der Waals surface area contributed by atoms with Crippen molar-refractivity contribution in [2.45, 2.75) is 25.8 Å². The zero-order valence-corrected chi connectivity index (χ0v) is 6.61. The first-order valence-corrected chi connectivity index (χ1v) is 3.98. The van der Waals surface area contributed by atoms with Gasteiger partial charge >= 0.3 is 0 Å². The van der Waals surface area contributed by atoms with Crippen molar-refractivity contribution in [3.63, 3.8) is 0 Å². The number of likely N-dealkylation sites (N-methyl/N-ethyl adjacent to an activating group) is 1. The summed E-state index contributed by atoms with van der Waals surface area (Å²) in [5, 5.41) is 6.64. The molecule has 10 heavy (non-hydrogen) atoms. The Morgan fingerprint density at radius 2 is 2.60 bits per heavy atom. The predicted molar refractivity (Wildman–Crippen MR) is 43.8 cm³/mol. The van der Waals surface area contributed by atoms with Crippen LogP contribution in [0.25, 0.3) is 0 Å². The molecule has 1 aliphatic heterocycles. The Morgan fingerprint density at radius 1 is 1.80 bits per heavy atom. The summed E-state index contributed by atoms with van der Waals surface area (Å²) in [5.74, 6) is 0. The van der Waals surface area contributed by atoms with Crippen LogP contribution in [-0.4, -0.2) is 19.1 Å². The zero-order chi connectivity index (χ0) is 7.40. The summed E-state index contributed by atoms with van der Waals surface area (Å²) in [6, 6.07) is 0.632. The summed E-state index contributed by atoms with van der Waals surface area (Å²) in [6.45, 7) is 8.14. The van der Waals surface area contributed by atoms with Gasteiger partial charge in [-0.05, 0) is 19.4 Å². The molecule has 0 aromatic heterocycles. The average Bonchev–Trinajstić information content (AvgIpc) is 2.31. The molecular weight excluding hydrogens is 124 g/mol. The fourth-order valence-corrected chi connectivity index (χ4v) is 1.25. The lowest BCUT2D eigenvalue weighted by Gasteiger charge is -2.10. The fourth-order valence-electron chi connectivity index (χ4n) is 1.25. The lowest BCUT2D eigenvalue weighted by molar-refractivity contribution is 0.555. The van der Waals surface area contributed by atoms with Crippen molar-refractivity contribution < 1.29 is 0 Å². The van der Waals surface area contributed by atoms with E-state index in [1.807, 2.05) is 0 Å². The van der Waals surface area contributed by atoms with Crippen molar-refractivity contribution in [3.8, 4) is 0 Å². The molecule has 1 fully saturated rings. The van der Waals surface area contributed by atoms with Gasteiger partial charge < -0.3 is 10.6 Å². The third-order valence-electron chi connectivity index (χ3n) is 1.84. The van der Waals surface area contributed by atoms with E-state index in [1.54, 1.807) is 0 Å². The van der Waals surface area contributed by atoms with Crippen LogP contribution in [0.1, 0.15) is 19.8 Å². The van der Waals surface area contributed by atoms with E-state index in [1.165, 1.54) is 12.1 Å². The van der Waals surface area contributed by atoms with Gasteiger partial charge in [0.2, 0.25) is 0 Å². The van der Waals surface area contributed by atoms with Gasteiger partial charge in [-0.25, -0.2) is 0 Å². The molecule has 1 saturated heterocycles. The van der Waals surface area contributed by atoms with Crippen molar-refractivity contribution in [2.24, 2.45) is 0 Å². The maximum Gasteiger partial charge on any atom is 0.0386 e. The van der Waals surface area contributed by atoms with Gasteiger partial charge in [0.25, 0.3) is 0 Å². The van der Waals surface area contributed by atoms with E-state index in [0.29, 0.717) is 6.04 Å². The van der Waals surface area contributed by atoms with Crippen LogP contribution in [-0.2, 0) is 0 Å². The minimum atomic E-state index is 0.632. The summed E-state index contributed by atoms with van der Waals surface area (Å²) >= 11 is 0. The van der Waals surface area contributed by atoms with Gasteiger partial charge in [0.1, 0.15) is 0 Å². The highest BCUT2D eigenvalue weighted by Gasteiger charge is 2.14. The van der Waals surface area contributed by atoms with Crippen LogP contribution in [0, 0.1) is 0 Å². The van der Waals surface area contributed by atoms with E-state index in [0.717, 1.165) is 19.5 Å². The number of allylic oxidation sites excluding steroid dienone is 1. The Hall–Kier alpha value is -0.500. The Morgan fingerprint density at radius 3 is 3.10 bits per heavy atom. The van der Waals surface area contributed by atoms with Gasteiger partial charge in [0.15, 0.2) is 0 Å². The molecule has 58 valence electrons. The fraction of sp³-hybridized carbons (Fsp3) is 0.750. The van der Waals surface area contributed by atoms with Gasteiger partial charge in [0, 0.05) is 18.3 Å². The van der Waals surface area contributed by atoms with Gasteiger partial charge in [-0.3, -0.25) is 0 Å². The topological polar surface area (TPSA) is 24.1 Å². The first-order chi connectivity index (χ1) is 4.83. The third-order valence-corrected chi connectivity index (χ3v) is 1.84. The second kappa shape index (κ2) is 3.62. The van der Waals surface area contributed by atoms with Crippen LogP contribution in [0.4, 0.5) is 0 Å². The molecule has 0 aromatic carbocycles. The van der Waals surface area contributed by atoms with E-state index in [2.05, 4.69) is 24.1 Å². The summed E-state index contributed by atoms with van der Waals surface area (Å²) in [5.41, 5.74) is 1.20. The molecule has 0 aliphatic carbocycles. The molecule has 0 spiro atoms. The lowest BCUT2D eigenvalue weighted by Crippen LogP contribution is -2.32. The van der Waals surface area contributed by atoms with Crippen LogP contribution in [0.5, 0.6) is 0 Å². The molecule has 1 rings (SSSR count). The Bertz CT molecular complexity index is 120. The van der Waals surface area contributed by atoms with Gasteiger partial charge in [-0.2, -0.15) is 0 Å². The van der Waals surface area contributed by atoms with Gasteiger partial charge in [-0.15, -0.1) is 0 Å². The third kappa shape index (κ3) is 2.03. The average molecular weight is 140 g/mol. The normalized spacial score (nSPS) is 24.9. The molecule has 2 heteroatoms. The summed E-state index contributed by atoms with van der Waals surface area (Å²) in [4.78, 5) is 0. The lowest BCUT2D eigenvalue weighted by atomic mass is 10.2. The second-order valence-electron chi connectivity index (χ2n) is 2.79. The minimum absolute atomic E-state index is 0.632. The van der Waals surface area contributed by atoms with Crippen molar-refractivity contribution in [1.82, 2.24) is 10.6 Å². The minimum Gasteiger partial charge on any atom is -0.385 e. The van der Waals surface area contributed by atoms with Gasteiger partial charge in [0.05, 0.1) is 0 Å². The van der Waals surface area contributed by atoms with Gasteiger partial charge in [-0.1, -0.05) is 13.5 Å². The van der Waals surface area contributed by atoms with Crippen LogP contribution < -0.4 is 10.6 Å². The monoisotopic (exact) mass is 140 g/mol. The predicted octanol–water partition coefficient (Wildman–Crippen LogP) is 0.862. The number of rotatable bonds is 3. The van der Waals surface area contributed by atoms with E-state index in [9.17, 15) is 0 Å². The molecule has 2 N–H and O–H groups in total. The molecule has 1 heterocycles. The molecule has 0 radical (unpaired) electrons. The zero-order valence-electron chi connectivity index (χ0n) is 6.61. The Balaban J connectivity index is 2.12. The molecular formula is C8H16N2. The number of nitrogens with one attached hydrogen (secondary N) is 2. The Kier molecular flexibility index (Phi) is 2.75. The molecule has 1 unspecified atom stereocenters. The summed E-state index contributed by atoms with van der Waals surface area (Å²) < 4.78 is 0. The van der Waals surface area contributed by atoms with E-state index in [4.69, 9.17) is 0 Å². The highest BCUT2D eigenvalue weighted by molar-refractivity contribution is 5.01. The van der Waals surface area contributed by atoms with Crippen molar-refractivity contribution in [1.29, 1.82) is 0 Å². The van der Waals surface area contributed by atoms with Crippen LogP contribution >= 0.6 is 0 Å². The molecule has 1 atom stereocenters. The van der Waals surface area contributed by atoms with Crippen molar-refractivity contribution in [3.05, 3.63) is 12.3 Å². The SMILES string of the molecule is C=C1CCC(CNCC)N1. The van der Waals surface area contributed by atoms with Crippen molar-refractivity contribution >= 4 is 0 Å². The van der Waals surface area contributed by atoms with Crippen molar-refractivity contribution in [2.75, 3.05) is 13.1 Å². The van der Waals surface area contributed by atoms with Crippen LogP contribution in [0.15, 0.2) is 12.3 Å². The van der Waals surface area contributed by atoms with Crippen LogP contribution in [0.3, 0.4) is 0 Å². The molecule has 0 aromatic rings. The molecule has 0 bridgehead atoms. The van der Waals surface area contributed by atoms with E-state index >= 15 is 0 Å². The molecule has 0 amide bonds. The van der Waals surface area contributed by atoms with E-state index in [-0.39, 0.29) is 0 Å². The molecule has 2 nitrogen and oxygen atoms in total. The number of hydrogen-bond donors (Lipinski definition) is 2. The maximum absolute atomic E-state index is 3.87. The smallest absolute Gasteiger partial charge is 0.0386 e. The summed E-state index contributed by atoms with van der Waals surface area (Å²) in [6.07, 6.45) is 2.39. The second-order valence-corrected chi connectivity index (χ2v) is 2.79. The Labute approximate surface area is 62.7 Å². The highest BCUT2D eigenvalue weighted by atomic mass is 15.0. The largest absolute Gasteiger partial charge is 0.385 e. The highest BCUT2D eigenvalue weighted by Crippen LogP contribution is 2.12. The van der Waals surface area contributed by atoms with E-state index < -0.39 is 0 Å². The number of hydrogen-bond acceptors (Lipinski definition) is 2. The maximum atomic E-state index is 3.87. The first kappa shape index (κ1) is 7.61. The first-order valence-electron chi connectivity index (χ1n) is 3.98. The quantitative estimate of drug-likeness (QED) is 0.607.